The van der Waals surface area contributed by atoms with Gasteiger partial charge in [0.2, 0.25) is 0 Å². The Morgan fingerprint density at radius 1 is 1.47 bits per heavy atom. The number of hydrogen-bond donors (Lipinski definition) is 1. The summed E-state index contributed by atoms with van der Waals surface area (Å²) in [4.78, 5) is 9.50. The van der Waals surface area contributed by atoms with E-state index in [1.807, 2.05) is 18.4 Å². The van der Waals surface area contributed by atoms with Crippen LogP contribution in [0.2, 0.25) is 0 Å². The molecule has 2 aromatic heterocycles. The molecule has 90 valence electrons. The van der Waals surface area contributed by atoms with Crippen LogP contribution >= 0.6 is 11.3 Å². The number of hydrogen-bond acceptors (Lipinski definition) is 5. The Morgan fingerprint density at radius 3 is 3.00 bits per heavy atom. The van der Waals surface area contributed by atoms with Gasteiger partial charge in [-0.25, -0.2) is 9.97 Å². The molecule has 0 amide bonds. The van der Waals surface area contributed by atoms with Crippen molar-refractivity contribution in [3.8, 4) is 6.01 Å². The smallest absolute Gasteiger partial charge is 0.316 e. The SMILES string of the molecule is Cc1nc(OCCc2cccs2)ncc1CO. The van der Waals surface area contributed by atoms with E-state index in [0.717, 1.165) is 17.7 Å². The van der Waals surface area contributed by atoms with Crippen molar-refractivity contribution >= 4 is 11.3 Å². The summed E-state index contributed by atoms with van der Waals surface area (Å²) >= 11 is 1.71. The van der Waals surface area contributed by atoms with Crippen LogP contribution in [0.1, 0.15) is 16.1 Å². The highest BCUT2D eigenvalue weighted by atomic mass is 32.1. The first-order valence-corrected chi connectivity index (χ1v) is 6.26. The quantitative estimate of drug-likeness (QED) is 0.881. The van der Waals surface area contributed by atoms with Crippen LogP contribution in [-0.4, -0.2) is 21.7 Å². The summed E-state index contributed by atoms with van der Waals surface area (Å²) in [5.74, 6) is 0. The second-order valence-corrected chi connectivity index (χ2v) is 4.63. The fourth-order valence-electron chi connectivity index (χ4n) is 1.39. The topological polar surface area (TPSA) is 55.2 Å². The summed E-state index contributed by atoms with van der Waals surface area (Å²) in [6.07, 6.45) is 2.46. The van der Waals surface area contributed by atoms with Crippen molar-refractivity contribution in [2.45, 2.75) is 20.0 Å². The van der Waals surface area contributed by atoms with Gasteiger partial charge in [-0.05, 0) is 18.4 Å². The van der Waals surface area contributed by atoms with Gasteiger partial charge in [0.15, 0.2) is 0 Å². The van der Waals surface area contributed by atoms with E-state index in [4.69, 9.17) is 9.84 Å². The molecular formula is C12H14N2O2S. The van der Waals surface area contributed by atoms with Gasteiger partial charge < -0.3 is 9.84 Å². The van der Waals surface area contributed by atoms with Gasteiger partial charge >= 0.3 is 6.01 Å². The van der Waals surface area contributed by atoms with E-state index in [0.29, 0.717) is 12.6 Å². The summed E-state index contributed by atoms with van der Waals surface area (Å²) in [7, 11) is 0. The van der Waals surface area contributed by atoms with Crippen molar-refractivity contribution in [2.24, 2.45) is 0 Å². The number of aryl methyl sites for hydroxylation is 1. The van der Waals surface area contributed by atoms with Crippen LogP contribution in [-0.2, 0) is 13.0 Å². The Balaban J connectivity index is 1.89. The second kappa shape index (κ2) is 5.75. The summed E-state index contributed by atoms with van der Waals surface area (Å²) in [6, 6.07) is 4.47. The molecule has 0 atom stereocenters. The van der Waals surface area contributed by atoms with Crippen molar-refractivity contribution in [1.82, 2.24) is 9.97 Å². The van der Waals surface area contributed by atoms with Crippen molar-refractivity contribution in [2.75, 3.05) is 6.61 Å². The van der Waals surface area contributed by atoms with Crippen molar-refractivity contribution in [3.63, 3.8) is 0 Å². The van der Waals surface area contributed by atoms with Gasteiger partial charge in [-0.3, -0.25) is 0 Å². The van der Waals surface area contributed by atoms with Crippen LogP contribution in [0.15, 0.2) is 23.7 Å². The predicted octanol–water partition coefficient (Wildman–Crippen LogP) is 1.96. The molecule has 0 radical (unpaired) electrons. The van der Waals surface area contributed by atoms with Crippen LogP contribution in [0.5, 0.6) is 6.01 Å². The number of rotatable bonds is 5. The molecule has 0 unspecified atom stereocenters. The molecule has 2 rings (SSSR count). The summed E-state index contributed by atoms with van der Waals surface area (Å²) in [5, 5.41) is 11.0. The third-order valence-corrected chi connectivity index (χ3v) is 3.33. The van der Waals surface area contributed by atoms with Gasteiger partial charge in [0.25, 0.3) is 0 Å². The van der Waals surface area contributed by atoms with Crippen LogP contribution in [0, 0.1) is 6.92 Å². The maximum atomic E-state index is 8.99. The zero-order chi connectivity index (χ0) is 12.1. The Hall–Kier alpha value is -1.46. The summed E-state index contributed by atoms with van der Waals surface area (Å²) < 4.78 is 5.46. The average Bonchev–Trinajstić information content (AvgIpc) is 2.82. The molecule has 0 saturated heterocycles. The summed E-state index contributed by atoms with van der Waals surface area (Å²) in [5.41, 5.74) is 1.49. The van der Waals surface area contributed by atoms with E-state index in [1.54, 1.807) is 17.5 Å². The van der Waals surface area contributed by atoms with Crippen molar-refractivity contribution < 1.29 is 9.84 Å². The second-order valence-electron chi connectivity index (χ2n) is 3.60. The Labute approximate surface area is 104 Å². The highest BCUT2D eigenvalue weighted by molar-refractivity contribution is 7.09. The van der Waals surface area contributed by atoms with Crippen LogP contribution < -0.4 is 4.74 Å². The first-order chi connectivity index (χ1) is 8.29. The fraction of sp³-hybridized carbons (Fsp3) is 0.333. The first-order valence-electron chi connectivity index (χ1n) is 5.38. The number of aliphatic hydroxyl groups excluding tert-OH is 1. The van der Waals surface area contributed by atoms with E-state index in [9.17, 15) is 0 Å². The first kappa shape index (κ1) is 12.0. The molecule has 17 heavy (non-hydrogen) atoms. The lowest BCUT2D eigenvalue weighted by Crippen LogP contribution is -2.05. The Morgan fingerprint density at radius 2 is 2.35 bits per heavy atom. The zero-order valence-electron chi connectivity index (χ0n) is 9.59. The normalized spacial score (nSPS) is 10.5. The van der Waals surface area contributed by atoms with Crippen LogP contribution in [0.3, 0.4) is 0 Å². The van der Waals surface area contributed by atoms with Gasteiger partial charge in [-0.1, -0.05) is 6.07 Å². The molecule has 5 heteroatoms. The monoisotopic (exact) mass is 250 g/mol. The van der Waals surface area contributed by atoms with Gasteiger partial charge in [0, 0.05) is 23.1 Å². The maximum Gasteiger partial charge on any atom is 0.316 e. The third-order valence-electron chi connectivity index (χ3n) is 2.39. The number of nitrogens with zero attached hydrogens (tertiary/aromatic N) is 2. The highest BCUT2D eigenvalue weighted by Crippen LogP contribution is 2.11. The lowest BCUT2D eigenvalue weighted by atomic mass is 10.3. The maximum absolute atomic E-state index is 8.99. The predicted molar refractivity (Wildman–Crippen MR) is 66.2 cm³/mol. The lowest BCUT2D eigenvalue weighted by Gasteiger charge is -2.05. The molecule has 0 spiro atoms. The lowest BCUT2D eigenvalue weighted by molar-refractivity contribution is 0.275. The minimum Gasteiger partial charge on any atom is -0.463 e. The minimum atomic E-state index is -0.0404. The van der Waals surface area contributed by atoms with E-state index < -0.39 is 0 Å². The number of aliphatic hydroxyl groups is 1. The van der Waals surface area contributed by atoms with E-state index >= 15 is 0 Å². The van der Waals surface area contributed by atoms with Gasteiger partial charge in [0.05, 0.1) is 18.9 Å². The molecule has 2 aromatic rings. The number of ether oxygens (including phenoxy) is 1. The molecular weight excluding hydrogens is 236 g/mol. The van der Waals surface area contributed by atoms with E-state index in [-0.39, 0.29) is 6.61 Å². The molecule has 0 aromatic carbocycles. The minimum absolute atomic E-state index is 0.0404. The molecule has 2 heterocycles. The molecule has 0 aliphatic carbocycles. The molecule has 0 aliphatic rings. The van der Waals surface area contributed by atoms with Gasteiger partial charge in [-0.15, -0.1) is 11.3 Å². The van der Waals surface area contributed by atoms with Crippen LogP contribution in [0.4, 0.5) is 0 Å². The van der Waals surface area contributed by atoms with Crippen LogP contribution in [0.25, 0.3) is 0 Å². The van der Waals surface area contributed by atoms with Gasteiger partial charge in [-0.2, -0.15) is 0 Å². The van der Waals surface area contributed by atoms with Crippen molar-refractivity contribution in [1.29, 1.82) is 0 Å². The van der Waals surface area contributed by atoms with E-state index in [1.165, 1.54) is 4.88 Å². The molecule has 4 nitrogen and oxygen atoms in total. The number of thiophene rings is 1. The fourth-order valence-corrected chi connectivity index (χ4v) is 2.08. The van der Waals surface area contributed by atoms with Crippen molar-refractivity contribution in [3.05, 3.63) is 39.8 Å². The van der Waals surface area contributed by atoms with Gasteiger partial charge in [0.1, 0.15) is 0 Å². The third kappa shape index (κ3) is 3.25. The highest BCUT2D eigenvalue weighted by Gasteiger charge is 2.03. The van der Waals surface area contributed by atoms with E-state index in [2.05, 4.69) is 16.0 Å². The standard InChI is InChI=1S/C12H14N2O2S/c1-9-10(8-15)7-13-12(14-9)16-5-4-11-3-2-6-17-11/h2-3,6-7,15H,4-5,8H2,1H3. The number of aromatic nitrogens is 2. The molecule has 0 aliphatic heterocycles. The summed E-state index contributed by atoms with van der Waals surface area (Å²) in [6.45, 7) is 2.36. The molecule has 0 bridgehead atoms. The Bertz CT molecular complexity index is 471. The zero-order valence-corrected chi connectivity index (χ0v) is 10.4. The molecule has 0 fully saturated rings. The average molecular weight is 250 g/mol. The Kier molecular flexibility index (Phi) is 4.06. The molecule has 1 N–H and O–H groups in total. The largest absolute Gasteiger partial charge is 0.463 e. The molecule has 0 saturated carbocycles.